The molecule has 2 aromatic rings. The summed E-state index contributed by atoms with van der Waals surface area (Å²) in [5.41, 5.74) is 0.907. The van der Waals surface area contributed by atoms with Crippen LogP contribution in [0, 0.1) is 12.8 Å². The minimum Gasteiger partial charge on any atom is -0.469 e. The van der Waals surface area contributed by atoms with Gasteiger partial charge in [0.25, 0.3) is 0 Å². The molecule has 0 atom stereocenters. The van der Waals surface area contributed by atoms with Crippen molar-refractivity contribution < 1.29 is 4.42 Å². The van der Waals surface area contributed by atoms with Gasteiger partial charge in [0.1, 0.15) is 5.76 Å². The molecule has 1 aliphatic carbocycles. The van der Waals surface area contributed by atoms with Crippen molar-refractivity contribution in [1.82, 2.24) is 14.9 Å². The first-order valence-electron chi connectivity index (χ1n) is 7.13. The molecule has 0 bridgehead atoms. The maximum absolute atomic E-state index is 6.11. The molecule has 0 aliphatic heterocycles. The summed E-state index contributed by atoms with van der Waals surface area (Å²) in [6, 6.07) is 1.87. The lowest BCUT2D eigenvalue weighted by Gasteiger charge is -2.20. The van der Waals surface area contributed by atoms with Gasteiger partial charge in [0.05, 0.1) is 11.8 Å². The minimum atomic E-state index is 0.669. The fourth-order valence-corrected chi connectivity index (χ4v) is 3.76. The molecular weight excluding hydrogens is 272 g/mol. The molecule has 2 aromatic heterocycles. The molecule has 0 amide bonds. The van der Waals surface area contributed by atoms with Crippen molar-refractivity contribution in [2.75, 3.05) is 11.6 Å². The van der Waals surface area contributed by atoms with Crippen LogP contribution in [0.15, 0.2) is 21.9 Å². The highest BCUT2D eigenvalue weighted by Crippen LogP contribution is 2.30. The number of nitrogens with zero attached hydrogens (tertiary/aromatic N) is 3. The van der Waals surface area contributed by atoms with Gasteiger partial charge in [-0.1, -0.05) is 31.0 Å². The molecule has 5 nitrogen and oxygen atoms in total. The van der Waals surface area contributed by atoms with Crippen LogP contribution in [0.5, 0.6) is 0 Å². The van der Waals surface area contributed by atoms with Crippen LogP contribution >= 0.6 is 11.8 Å². The summed E-state index contributed by atoms with van der Waals surface area (Å²) in [6.45, 7) is 1.90. The number of furan rings is 1. The lowest BCUT2D eigenvalue weighted by molar-refractivity contribution is 0.390. The SMILES string of the molecule is Cc1occc1-c1nnc(SCC2CCCCC2)n1N. The largest absolute Gasteiger partial charge is 0.469 e. The normalized spacial score (nSPS) is 16.6. The van der Waals surface area contributed by atoms with E-state index in [9.17, 15) is 0 Å². The highest BCUT2D eigenvalue weighted by molar-refractivity contribution is 7.99. The van der Waals surface area contributed by atoms with E-state index in [1.54, 1.807) is 22.7 Å². The van der Waals surface area contributed by atoms with Crippen LogP contribution in [-0.4, -0.2) is 20.6 Å². The lowest BCUT2D eigenvalue weighted by atomic mass is 9.91. The lowest BCUT2D eigenvalue weighted by Crippen LogP contribution is -2.13. The Morgan fingerprint density at radius 3 is 2.85 bits per heavy atom. The Kier molecular flexibility index (Phi) is 4.00. The second-order valence-electron chi connectivity index (χ2n) is 5.38. The molecule has 3 rings (SSSR count). The maximum atomic E-state index is 6.11. The third kappa shape index (κ3) is 2.70. The summed E-state index contributed by atoms with van der Waals surface area (Å²) < 4.78 is 6.87. The number of nitrogens with two attached hydrogens (primary N) is 1. The molecule has 20 heavy (non-hydrogen) atoms. The Labute approximate surface area is 122 Å². The zero-order valence-corrected chi connectivity index (χ0v) is 12.5. The van der Waals surface area contributed by atoms with E-state index in [-0.39, 0.29) is 0 Å². The molecule has 0 saturated heterocycles. The van der Waals surface area contributed by atoms with Crippen molar-refractivity contribution in [3.63, 3.8) is 0 Å². The number of aryl methyl sites for hydroxylation is 1. The summed E-state index contributed by atoms with van der Waals surface area (Å²) in [6.07, 6.45) is 8.42. The average Bonchev–Trinajstić information content (AvgIpc) is 3.04. The molecule has 6 heteroatoms. The van der Waals surface area contributed by atoms with Crippen molar-refractivity contribution in [3.05, 3.63) is 18.1 Å². The predicted octanol–water partition coefficient (Wildman–Crippen LogP) is 3.23. The molecule has 0 unspecified atom stereocenters. The number of aromatic nitrogens is 3. The van der Waals surface area contributed by atoms with Crippen LogP contribution in [0.1, 0.15) is 37.9 Å². The quantitative estimate of drug-likeness (QED) is 0.692. The van der Waals surface area contributed by atoms with Crippen LogP contribution in [0.3, 0.4) is 0 Å². The van der Waals surface area contributed by atoms with Crippen LogP contribution < -0.4 is 5.84 Å². The predicted molar refractivity (Wildman–Crippen MR) is 79.9 cm³/mol. The van der Waals surface area contributed by atoms with Gasteiger partial charge in [0.15, 0.2) is 5.82 Å². The van der Waals surface area contributed by atoms with Gasteiger partial charge in [0.2, 0.25) is 5.16 Å². The average molecular weight is 292 g/mol. The fourth-order valence-electron chi connectivity index (χ4n) is 2.72. The second kappa shape index (κ2) is 5.91. The molecule has 0 radical (unpaired) electrons. The van der Waals surface area contributed by atoms with E-state index in [0.29, 0.717) is 5.82 Å². The first-order valence-corrected chi connectivity index (χ1v) is 8.12. The Bertz CT molecular complexity index is 571. The van der Waals surface area contributed by atoms with Crippen molar-refractivity contribution in [3.8, 4) is 11.4 Å². The summed E-state index contributed by atoms with van der Waals surface area (Å²) in [5.74, 6) is 9.47. The molecule has 1 aliphatic rings. The third-order valence-electron chi connectivity index (χ3n) is 3.94. The second-order valence-corrected chi connectivity index (χ2v) is 6.37. The van der Waals surface area contributed by atoms with E-state index in [0.717, 1.165) is 28.2 Å². The van der Waals surface area contributed by atoms with Crippen LogP contribution in [0.25, 0.3) is 11.4 Å². The first kappa shape index (κ1) is 13.5. The Hall–Kier alpha value is -1.43. The van der Waals surface area contributed by atoms with Gasteiger partial charge < -0.3 is 10.3 Å². The van der Waals surface area contributed by atoms with E-state index in [4.69, 9.17) is 10.3 Å². The van der Waals surface area contributed by atoms with E-state index >= 15 is 0 Å². The molecule has 1 fully saturated rings. The number of hydrogen-bond donors (Lipinski definition) is 1. The summed E-state index contributed by atoms with van der Waals surface area (Å²) >= 11 is 1.71. The summed E-state index contributed by atoms with van der Waals surface area (Å²) in [5, 5.41) is 9.18. The van der Waals surface area contributed by atoms with Crippen LogP contribution in [0.2, 0.25) is 0 Å². The van der Waals surface area contributed by atoms with E-state index < -0.39 is 0 Å². The van der Waals surface area contributed by atoms with Gasteiger partial charge in [-0.3, -0.25) is 0 Å². The van der Waals surface area contributed by atoms with Gasteiger partial charge in [-0.05, 0) is 31.7 Å². The first-order chi connectivity index (χ1) is 9.75. The molecule has 0 spiro atoms. The van der Waals surface area contributed by atoms with Crippen LogP contribution in [0.4, 0.5) is 0 Å². The molecule has 1 saturated carbocycles. The van der Waals surface area contributed by atoms with Gasteiger partial charge in [-0.2, -0.15) is 0 Å². The van der Waals surface area contributed by atoms with Crippen molar-refractivity contribution >= 4 is 11.8 Å². The van der Waals surface area contributed by atoms with Crippen molar-refractivity contribution in [1.29, 1.82) is 0 Å². The Morgan fingerprint density at radius 2 is 2.15 bits per heavy atom. The van der Waals surface area contributed by atoms with Gasteiger partial charge >= 0.3 is 0 Å². The zero-order chi connectivity index (χ0) is 13.9. The third-order valence-corrected chi connectivity index (χ3v) is 5.11. The van der Waals surface area contributed by atoms with Crippen molar-refractivity contribution in [2.24, 2.45) is 5.92 Å². The maximum Gasteiger partial charge on any atom is 0.210 e. The smallest absolute Gasteiger partial charge is 0.210 e. The van der Waals surface area contributed by atoms with E-state index in [1.165, 1.54) is 32.1 Å². The van der Waals surface area contributed by atoms with Gasteiger partial charge in [-0.15, -0.1) is 10.2 Å². The zero-order valence-electron chi connectivity index (χ0n) is 11.7. The molecule has 2 N–H and O–H groups in total. The fraction of sp³-hybridized carbons (Fsp3) is 0.571. The molecule has 2 heterocycles. The standard InChI is InChI=1S/C14H20N4OS/c1-10-12(7-8-19-10)13-16-17-14(18(13)15)20-9-11-5-3-2-4-6-11/h7-8,11H,2-6,9,15H2,1H3. The Morgan fingerprint density at radius 1 is 1.35 bits per heavy atom. The summed E-state index contributed by atoms with van der Waals surface area (Å²) in [7, 11) is 0. The van der Waals surface area contributed by atoms with Crippen molar-refractivity contribution in [2.45, 2.75) is 44.2 Å². The minimum absolute atomic E-state index is 0.669. The van der Waals surface area contributed by atoms with Gasteiger partial charge in [-0.25, -0.2) is 4.68 Å². The highest BCUT2D eigenvalue weighted by atomic mass is 32.2. The monoisotopic (exact) mass is 292 g/mol. The van der Waals surface area contributed by atoms with Crippen LogP contribution in [-0.2, 0) is 0 Å². The number of thioether (sulfide) groups is 1. The summed E-state index contributed by atoms with van der Waals surface area (Å²) in [4.78, 5) is 0. The molecular formula is C14H20N4OS. The Balaban J connectivity index is 1.69. The molecule has 0 aromatic carbocycles. The number of rotatable bonds is 4. The molecule has 108 valence electrons. The number of hydrogen-bond acceptors (Lipinski definition) is 5. The van der Waals surface area contributed by atoms with E-state index in [2.05, 4.69) is 10.2 Å². The highest BCUT2D eigenvalue weighted by Gasteiger charge is 2.18. The number of nitrogen functional groups attached to an aromatic ring is 1. The topological polar surface area (TPSA) is 69.9 Å². The van der Waals surface area contributed by atoms with E-state index in [1.807, 2.05) is 13.0 Å². The van der Waals surface area contributed by atoms with Gasteiger partial charge in [0, 0.05) is 5.75 Å².